The van der Waals surface area contributed by atoms with Gasteiger partial charge >= 0.3 is 6.18 Å². The fourth-order valence-electron chi connectivity index (χ4n) is 1.36. The lowest BCUT2D eigenvalue weighted by atomic mass is 10.1. The summed E-state index contributed by atoms with van der Waals surface area (Å²) >= 11 is 0. The van der Waals surface area contributed by atoms with E-state index in [1.54, 1.807) is 0 Å². The third-order valence-corrected chi connectivity index (χ3v) is 2.22. The lowest BCUT2D eigenvalue weighted by Crippen LogP contribution is -2.23. The number of rotatable bonds is 7. The van der Waals surface area contributed by atoms with E-state index in [4.69, 9.17) is 0 Å². The van der Waals surface area contributed by atoms with E-state index in [0.29, 0.717) is 12.5 Å². The van der Waals surface area contributed by atoms with Crippen molar-refractivity contribution in [2.24, 2.45) is 0 Å². The van der Waals surface area contributed by atoms with E-state index in [2.05, 4.69) is 19.2 Å². The van der Waals surface area contributed by atoms with E-state index in [-0.39, 0.29) is 6.42 Å². The van der Waals surface area contributed by atoms with Crippen molar-refractivity contribution < 1.29 is 13.2 Å². The molecule has 0 atom stereocenters. The van der Waals surface area contributed by atoms with Crippen LogP contribution in [-0.2, 0) is 0 Å². The van der Waals surface area contributed by atoms with Gasteiger partial charge in [-0.2, -0.15) is 13.2 Å². The SMILES string of the molecule is C/C(=C/CCNC(C)C)CCCC(F)(F)F. The monoisotopic (exact) mass is 237 g/mol. The summed E-state index contributed by atoms with van der Waals surface area (Å²) in [5.41, 5.74) is 1.05. The molecule has 0 amide bonds. The zero-order valence-corrected chi connectivity index (χ0v) is 10.3. The minimum atomic E-state index is -4.01. The van der Waals surface area contributed by atoms with Crippen LogP contribution in [0.4, 0.5) is 13.2 Å². The Hall–Kier alpha value is -0.510. The molecule has 0 aromatic rings. The number of allylic oxidation sites excluding steroid dienone is 1. The van der Waals surface area contributed by atoms with Crippen LogP contribution in [0.2, 0.25) is 0 Å². The van der Waals surface area contributed by atoms with Gasteiger partial charge in [0.15, 0.2) is 0 Å². The fourth-order valence-corrected chi connectivity index (χ4v) is 1.36. The highest BCUT2D eigenvalue weighted by Gasteiger charge is 2.25. The van der Waals surface area contributed by atoms with Gasteiger partial charge < -0.3 is 5.32 Å². The highest BCUT2D eigenvalue weighted by Crippen LogP contribution is 2.23. The Kier molecular flexibility index (Phi) is 7.47. The van der Waals surface area contributed by atoms with Gasteiger partial charge in [0.2, 0.25) is 0 Å². The predicted octanol–water partition coefficient (Wildman–Crippen LogP) is 4.05. The molecule has 16 heavy (non-hydrogen) atoms. The van der Waals surface area contributed by atoms with Crippen molar-refractivity contribution >= 4 is 0 Å². The van der Waals surface area contributed by atoms with Gasteiger partial charge in [0.05, 0.1) is 0 Å². The molecular weight excluding hydrogens is 215 g/mol. The Morgan fingerprint density at radius 3 is 2.44 bits per heavy atom. The molecule has 1 nitrogen and oxygen atoms in total. The maximum Gasteiger partial charge on any atom is 0.389 e. The molecule has 0 unspecified atom stereocenters. The molecule has 0 fully saturated rings. The number of alkyl halides is 3. The molecule has 0 heterocycles. The molecule has 1 N–H and O–H groups in total. The van der Waals surface area contributed by atoms with Gasteiger partial charge in [-0.15, -0.1) is 0 Å². The smallest absolute Gasteiger partial charge is 0.314 e. The van der Waals surface area contributed by atoms with E-state index in [1.165, 1.54) is 0 Å². The highest BCUT2D eigenvalue weighted by molar-refractivity contribution is 4.98. The van der Waals surface area contributed by atoms with Gasteiger partial charge in [0.1, 0.15) is 0 Å². The summed E-state index contributed by atoms with van der Waals surface area (Å²) in [5.74, 6) is 0. The number of nitrogens with one attached hydrogen (secondary N) is 1. The van der Waals surface area contributed by atoms with Gasteiger partial charge in [-0.25, -0.2) is 0 Å². The van der Waals surface area contributed by atoms with Crippen LogP contribution in [0.3, 0.4) is 0 Å². The molecule has 0 rings (SSSR count). The van der Waals surface area contributed by atoms with Crippen molar-refractivity contribution in [3.8, 4) is 0 Å². The van der Waals surface area contributed by atoms with E-state index in [1.807, 2.05) is 13.0 Å². The minimum Gasteiger partial charge on any atom is -0.314 e. The van der Waals surface area contributed by atoms with Gasteiger partial charge in [-0.3, -0.25) is 0 Å². The number of hydrogen-bond acceptors (Lipinski definition) is 1. The summed E-state index contributed by atoms with van der Waals surface area (Å²) in [5, 5.41) is 3.26. The van der Waals surface area contributed by atoms with E-state index >= 15 is 0 Å². The standard InChI is InChI=1S/C12H22F3N/c1-10(2)16-9-5-7-11(3)6-4-8-12(13,14)15/h7,10,16H,4-6,8-9H2,1-3H3/b11-7-. The molecule has 0 spiro atoms. The molecule has 0 radical (unpaired) electrons. The summed E-state index contributed by atoms with van der Waals surface area (Å²) in [7, 11) is 0. The van der Waals surface area contributed by atoms with Crippen LogP contribution in [0.15, 0.2) is 11.6 Å². The van der Waals surface area contributed by atoms with Crippen LogP contribution in [0, 0.1) is 0 Å². The van der Waals surface area contributed by atoms with Crippen molar-refractivity contribution in [3.63, 3.8) is 0 Å². The van der Waals surface area contributed by atoms with Crippen LogP contribution in [0.1, 0.15) is 46.5 Å². The molecule has 0 saturated carbocycles. The topological polar surface area (TPSA) is 12.0 Å². The zero-order valence-electron chi connectivity index (χ0n) is 10.3. The maximum absolute atomic E-state index is 11.9. The molecule has 96 valence electrons. The quantitative estimate of drug-likeness (QED) is 0.520. The Morgan fingerprint density at radius 2 is 1.94 bits per heavy atom. The van der Waals surface area contributed by atoms with E-state index in [0.717, 1.165) is 18.5 Å². The van der Waals surface area contributed by atoms with Crippen molar-refractivity contribution in [1.82, 2.24) is 5.32 Å². The average Bonchev–Trinajstić information content (AvgIpc) is 2.10. The first-order chi connectivity index (χ1) is 7.31. The lowest BCUT2D eigenvalue weighted by molar-refractivity contribution is -0.135. The average molecular weight is 237 g/mol. The molecule has 0 aliphatic carbocycles. The van der Waals surface area contributed by atoms with Crippen LogP contribution in [-0.4, -0.2) is 18.8 Å². The van der Waals surface area contributed by atoms with Gasteiger partial charge in [-0.1, -0.05) is 25.5 Å². The Balaban J connectivity index is 3.56. The van der Waals surface area contributed by atoms with Crippen molar-refractivity contribution in [3.05, 3.63) is 11.6 Å². The molecule has 4 heteroatoms. The van der Waals surface area contributed by atoms with E-state index < -0.39 is 12.6 Å². The van der Waals surface area contributed by atoms with Crippen molar-refractivity contribution in [2.45, 2.75) is 58.7 Å². The lowest BCUT2D eigenvalue weighted by Gasteiger charge is -2.07. The third-order valence-electron chi connectivity index (χ3n) is 2.22. The molecule has 0 aromatic carbocycles. The summed E-state index contributed by atoms with van der Waals surface area (Å²) in [6.07, 6.45) is -1.05. The van der Waals surface area contributed by atoms with Crippen LogP contribution >= 0.6 is 0 Å². The Labute approximate surface area is 96.1 Å². The van der Waals surface area contributed by atoms with Gasteiger partial charge in [-0.05, 0) is 32.7 Å². The number of halogens is 3. The van der Waals surface area contributed by atoms with Crippen molar-refractivity contribution in [2.75, 3.05) is 6.54 Å². The summed E-state index contributed by atoms with van der Waals surface area (Å²) in [4.78, 5) is 0. The van der Waals surface area contributed by atoms with Crippen LogP contribution in [0.5, 0.6) is 0 Å². The Morgan fingerprint density at radius 1 is 1.31 bits per heavy atom. The first-order valence-electron chi connectivity index (χ1n) is 5.77. The number of hydrogen-bond donors (Lipinski definition) is 1. The first-order valence-corrected chi connectivity index (χ1v) is 5.77. The predicted molar refractivity (Wildman–Crippen MR) is 61.4 cm³/mol. The Bertz CT molecular complexity index is 207. The van der Waals surface area contributed by atoms with Gasteiger partial charge in [0, 0.05) is 12.5 Å². The van der Waals surface area contributed by atoms with Crippen LogP contribution < -0.4 is 5.32 Å². The zero-order chi connectivity index (χ0) is 12.6. The van der Waals surface area contributed by atoms with E-state index in [9.17, 15) is 13.2 Å². The maximum atomic E-state index is 11.9. The normalized spacial score (nSPS) is 13.6. The molecular formula is C12H22F3N. The summed E-state index contributed by atoms with van der Waals surface area (Å²) in [6.45, 7) is 6.92. The second-order valence-electron chi connectivity index (χ2n) is 4.42. The molecule has 0 saturated heterocycles. The first kappa shape index (κ1) is 15.5. The minimum absolute atomic E-state index is 0.198. The largest absolute Gasteiger partial charge is 0.389 e. The second kappa shape index (κ2) is 7.71. The highest BCUT2D eigenvalue weighted by atomic mass is 19.4. The molecule has 0 aliphatic heterocycles. The molecule has 0 aromatic heterocycles. The molecule has 0 aliphatic rings. The second-order valence-corrected chi connectivity index (χ2v) is 4.42. The molecule has 0 bridgehead atoms. The van der Waals surface area contributed by atoms with Crippen molar-refractivity contribution in [1.29, 1.82) is 0 Å². The van der Waals surface area contributed by atoms with Crippen LogP contribution in [0.25, 0.3) is 0 Å². The van der Waals surface area contributed by atoms with Gasteiger partial charge in [0.25, 0.3) is 0 Å². The summed E-state index contributed by atoms with van der Waals surface area (Å²) in [6, 6.07) is 0.457. The third kappa shape index (κ3) is 11.6. The summed E-state index contributed by atoms with van der Waals surface area (Å²) < 4.78 is 35.6. The fraction of sp³-hybridized carbons (Fsp3) is 0.833.